The monoisotopic (exact) mass is 493 g/mol. The summed E-state index contributed by atoms with van der Waals surface area (Å²) in [7, 11) is 2.88. The Morgan fingerprint density at radius 1 is 0.941 bits per heavy atom. The van der Waals surface area contributed by atoms with E-state index in [0.717, 1.165) is 11.8 Å². The summed E-state index contributed by atoms with van der Waals surface area (Å²) >= 11 is 1.00. The first-order valence-electron chi connectivity index (χ1n) is 9.88. The van der Waals surface area contributed by atoms with Crippen molar-refractivity contribution in [3.05, 3.63) is 53.8 Å². The van der Waals surface area contributed by atoms with Crippen molar-refractivity contribution in [1.82, 2.24) is 10.9 Å². The maximum absolute atomic E-state index is 12.9. The molecule has 0 fully saturated rings. The highest BCUT2D eigenvalue weighted by Crippen LogP contribution is 2.27. The number of thioether (sulfide) groups is 1. The second-order valence-electron chi connectivity index (χ2n) is 6.69. The van der Waals surface area contributed by atoms with Gasteiger partial charge in [-0.1, -0.05) is 0 Å². The molecule has 34 heavy (non-hydrogen) atoms. The number of rotatable bonds is 10. The van der Waals surface area contributed by atoms with E-state index in [1.807, 2.05) is 0 Å². The minimum atomic E-state index is -0.756. The van der Waals surface area contributed by atoms with Crippen molar-refractivity contribution in [3.63, 3.8) is 0 Å². The Bertz CT molecular complexity index is 1030. The molecule has 3 amide bonds. The predicted octanol–water partition coefficient (Wildman–Crippen LogP) is 1.91. The van der Waals surface area contributed by atoms with Crippen molar-refractivity contribution in [1.29, 1.82) is 0 Å². The molecule has 0 heterocycles. The summed E-state index contributed by atoms with van der Waals surface area (Å²) in [5, 5.41) is 1.84. The summed E-state index contributed by atoms with van der Waals surface area (Å²) in [6, 6.07) is 9.71. The van der Waals surface area contributed by atoms with Crippen LogP contribution >= 0.6 is 11.8 Å². The van der Waals surface area contributed by atoms with E-state index in [1.54, 1.807) is 0 Å². The van der Waals surface area contributed by atoms with Crippen LogP contribution in [0.2, 0.25) is 0 Å². The first-order chi connectivity index (χ1) is 16.2. The Morgan fingerprint density at radius 2 is 1.62 bits per heavy atom. The number of benzene rings is 2. The number of hydrazine groups is 1. The van der Waals surface area contributed by atoms with Gasteiger partial charge in [0.2, 0.25) is 5.91 Å². The van der Waals surface area contributed by atoms with Crippen LogP contribution in [-0.2, 0) is 19.1 Å². The van der Waals surface area contributed by atoms with Crippen molar-refractivity contribution in [2.75, 3.05) is 31.9 Å². The molecule has 2 aromatic rings. The number of carbonyl (C=O) groups is 4. The molecular weight excluding hydrogens is 469 g/mol. The van der Waals surface area contributed by atoms with E-state index in [4.69, 9.17) is 14.2 Å². The number of hydrogen-bond acceptors (Lipinski definition) is 8. The van der Waals surface area contributed by atoms with Gasteiger partial charge in [0, 0.05) is 11.3 Å². The number of nitrogens with one attached hydrogen (secondary N) is 3. The molecule has 2 rings (SSSR count). The Kier molecular flexibility index (Phi) is 10.1. The summed E-state index contributed by atoms with van der Waals surface area (Å²) < 4.78 is 28.0. The van der Waals surface area contributed by atoms with Crippen LogP contribution in [0.15, 0.2) is 42.5 Å². The molecule has 0 aliphatic rings. The molecule has 182 valence electrons. The lowest BCUT2D eigenvalue weighted by Crippen LogP contribution is -2.43. The zero-order chi connectivity index (χ0) is 25.1. The van der Waals surface area contributed by atoms with Crippen molar-refractivity contribution in [2.24, 2.45) is 0 Å². The SMILES string of the molecule is COc1ccc(C(=O)NNC(=O)COC(=O)C(C)SCC(=O)Nc2ccc(F)cc2)cc1OC. The normalized spacial score (nSPS) is 11.1. The molecular formula is C22H24FN3O7S. The third-order valence-corrected chi connectivity index (χ3v) is 5.35. The third kappa shape index (κ3) is 8.28. The van der Waals surface area contributed by atoms with Gasteiger partial charge in [0.25, 0.3) is 11.8 Å². The quantitative estimate of drug-likeness (QED) is 0.338. The number of carbonyl (C=O) groups excluding carboxylic acids is 4. The molecule has 1 atom stereocenters. The second-order valence-corrected chi connectivity index (χ2v) is 8.02. The van der Waals surface area contributed by atoms with Crippen LogP contribution in [-0.4, -0.2) is 55.5 Å². The van der Waals surface area contributed by atoms with Crippen molar-refractivity contribution < 1.29 is 37.8 Å². The number of halogens is 1. The highest BCUT2D eigenvalue weighted by Gasteiger charge is 2.18. The molecule has 3 N–H and O–H groups in total. The fraction of sp³-hybridized carbons (Fsp3) is 0.273. The van der Waals surface area contributed by atoms with Gasteiger partial charge in [-0.05, 0) is 49.4 Å². The van der Waals surface area contributed by atoms with Gasteiger partial charge in [-0.25, -0.2) is 4.39 Å². The summed E-state index contributed by atoms with van der Waals surface area (Å²) in [4.78, 5) is 48.0. The van der Waals surface area contributed by atoms with Gasteiger partial charge in [-0.15, -0.1) is 11.8 Å². The van der Waals surface area contributed by atoms with Gasteiger partial charge in [0.05, 0.1) is 20.0 Å². The van der Waals surface area contributed by atoms with Crippen LogP contribution in [0.5, 0.6) is 11.5 Å². The van der Waals surface area contributed by atoms with Gasteiger partial charge < -0.3 is 19.5 Å². The lowest BCUT2D eigenvalue weighted by Gasteiger charge is -2.12. The summed E-state index contributed by atoms with van der Waals surface area (Å²) in [5.41, 5.74) is 4.97. The van der Waals surface area contributed by atoms with E-state index in [2.05, 4.69) is 16.2 Å². The van der Waals surface area contributed by atoms with E-state index >= 15 is 0 Å². The maximum atomic E-state index is 12.9. The van der Waals surface area contributed by atoms with Crippen LogP contribution in [0.25, 0.3) is 0 Å². The number of amides is 3. The fourth-order valence-corrected chi connectivity index (χ4v) is 3.14. The predicted molar refractivity (Wildman–Crippen MR) is 123 cm³/mol. The lowest BCUT2D eigenvalue weighted by molar-refractivity contribution is -0.147. The second kappa shape index (κ2) is 13.0. The Labute approximate surface area is 199 Å². The standard InChI is InChI=1S/C22H24FN3O7S/c1-13(34-12-20(28)24-16-7-5-15(23)6-8-16)22(30)33-11-19(27)25-26-21(29)14-4-9-17(31-2)18(10-14)32-3/h4-10,13H,11-12H2,1-3H3,(H,24,28)(H,25,27)(H,26,29). The van der Waals surface area contributed by atoms with Gasteiger partial charge >= 0.3 is 5.97 Å². The number of esters is 1. The largest absolute Gasteiger partial charge is 0.493 e. The van der Waals surface area contributed by atoms with Gasteiger partial charge in [0.15, 0.2) is 18.1 Å². The van der Waals surface area contributed by atoms with Crippen molar-refractivity contribution in [2.45, 2.75) is 12.2 Å². The lowest BCUT2D eigenvalue weighted by atomic mass is 10.2. The highest BCUT2D eigenvalue weighted by molar-refractivity contribution is 8.01. The number of hydrogen-bond donors (Lipinski definition) is 3. The molecule has 0 saturated carbocycles. The van der Waals surface area contributed by atoms with Crippen LogP contribution in [0.4, 0.5) is 10.1 Å². The Balaban J connectivity index is 1.70. The van der Waals surface area contributed by atoms with Gasteiger partial charge in [-0.3, -0.25) is 30.0 Å². The molecule has 0 saturated heterocycles. The zero-order valence-corrected chi connectivity index (χ0v) is 19.5. The Hall–Kier alpha value is -3.80. The minimum absolute atomic E-state index is 0.0543. The average Bonchev–Trinajstić information content (AvgIpc) is 2.85. The van der Waals surface area contributed by atoms with Crippen LogP contribution in [0.1, 0.15) is 17.3 Å². The maximum Gasteiger partial charge on any atom is 0.319 e. The summed E-state index contributed by atoms with van der Waals surface area (Å²) in [6.07, 6.45) is 0. The molecule has 0 bridgehead atoms. The number of ether oxygens (including phenoxy) is 3. The zero-order valence-electron chi connectivity index (χ0n) is 18.7. The van der Waals surface area contributed by atoms with Crippen molar-refractivity contribution in [3.8, 4) is 11.5 Å². The molecule has 0 aliphatic heterocycles. The molecule has 0 radical (unpaired) electrons. The van der Waals surface area contributed by atoms with E-state index in [9.17, 15) is 23.6 Å². The van der Waals surface area contributed by atoms with E-state index in [0.29, 0.717) is 17.2 Å². The average molecular weight is 494 g/mol. The minimum Gasteiger partial charge on any atom is -0.493 e. The third-order valence-electron chi connectivity index (χ3n) is 4.23. The van der Waals surface area contributed by atoms with Crippen LogP contribution in [0, 0.1) is 5.82 Å². The molecule has 1 unspecified atom stereocenters. The molecule has 0 aromatic heterocycles. The van der Waals surface area contributed by atoms with Gasteiger partial charge in [0.1, 0.15) is 11.1 Å². The smallest absolute Gasteiger partial charge is 0.319 e. The molecule has 12 heteroatoms. The number of methoxy groups -OCH3 is 2. The number of anilines is 1. The molecule has 10 nitrogen and oxygen atoms in total. The van der Waals surface area contributed by atoms with E-state index in [1.165, 1.54) is 63.6 Å². The molecule has 0 aliphatic carbocycles. The summed E-state index contributed by atoms with van der Waals surface area (Å²) in [5.74, 6) is -2.16. The van der Waals surface area contributed by atoms with Gasteiger partial charge in [-0.2, -0.15) is 0 Å². The van der Waals surface area contributed by atoms with E-state index in [-0.39, 0.29) is 17.2 Å². The van der Waals surface area contributed by atoms with Crippen LogP contribution in [0.3, 0.4) is 0 Å². The van der Waals surface area contributed by atoms with E-state index < -0.39 is 35.5 Å². The van der Waals surface area contributed by atoms with Crippen LogP contribution < -0.4 is 25.6 Å². The fourth-order valence-electron chi connectivity index (χ4n) is 2.47. The molecule has 2 aromatic carbocycles. The highest BCUT2D eigenvalue weighted by atomic mass is 32.2. The molecule has 0 spiro atoms. The van der Waals surface area contributed by atoms with Crippen molar-refractivity contribution >= 4 is 41.1 Å². The first-order valence-corrected chi connectivity index (χ1v) is 10.9. The topological polar surface area (TPSA) is 132 Å². The summed E-state index contributed by atoms with van der Waals surface area (Å²) in [6.45, 7) is 0.895. The first kappa shape index (κ1) is 26.5. The Morgan fingerprint density at radius 3 is 2.26 bits per heavy atom.